The standard InChI is InChI=1S/C23H40O6/c1-2-22(26)29-19-18-20(23(27)28)16-14-12-10-8-6-4-3-5-7-9-11-13-15-17-21(24)25/h2,20H,1,3-19H2,(H,24,25)(H,27,28). The zero-order valence-corrected chi connectivity index (χ0v) is 17.9. The summed E-state index contributed by atoms with van der Waals surface area (Å²) in [5.74, 6) is -2.47. The molecule has 0 saturated heterocycles. The van der Waals surface area contributed by atoms with E-state index in [9.17, 15) is 19.5 Å². The Hall–Kier alpha value is -1.85. The van der Waals surface area contributed by atoms with Gasteiger partial charge in [0.25, 0.3) is 0 Å². The molecule has 6 nitrogen and oxygen atoms in total. The zero-order chi connectivity index (χ0) is 21.7. The molecule has 0 aliphatic carbocycles. The Morgan fingerprint density at radius 3 is 1.59 bits per heavy atom. The average Bonchev–Trinajstić information content (AvgIpc) is 2.68. The Morgan fingerprint density at radius 2 is 1.17 bits per heavy atom. The third-order valence-corrected chi connectivity index (χ3v) is 5.17. The lowest BCUT2D eigenvalue weighted by Gasteiger charge is -2.12. The number of ether oxygens (including phenoxy) is 1. The number of carbonyl (C=O) groups is 3. The highest BCUT2D eigenvalue weighted by Gasteiger charge is 2.17. The summed E-state index contributed by atoms with van der Waals surface area (Å²) in [6.45, 7) is 3.44. The molecule has 168 valence electrons. The Bertz CT molecular complexity index is 460. The van der Waals surface area contributed by atoms with Crippen LogP contribution in [-0.4, -0.2) is 34.7 Å². The van der Waals surface area contributed by atoms with Crippen molar-refractivity contribution in [2.75, 3.05) is 6.61 Å². The normalized spacial score (nSPS) is 11.7. The number of hydrogen-bond donors (Lipinski definition) is 2. The number of carboxylic acids is 2. The molecule has 0 aromatic carbocycles. The maximum absolute atomic E-state index is 11.3. The van der Waals surface area contributed by atoms with E-state index in [1.807, 2.05) is 0 Å². The number of carbonyl (C=O) groups excluding carboxylic acids is 1. The van der Waals surface area contributed by atoms with Gasteiger partial charge in [0.15, 0.2) is 0 Å². The first kappa shape index (κ1) is 27.1. The van der Waals surface area contributed by atoms with Gasteiger partial charge in [-0.1, -0.05) is 83.6 Å². The summed E-state index contributed by atoms with van der Waals surface area (Å²) in [7, 11) is 0. The number of aliphatic carboxylic acids is 2. The first-order valence-electron chi connectivity index (χ1n) is 11.2. The van der Waals surface area contributed by atoms with Gasteiger partial charge in [-0.3, -0.25) is 9.59 Å². The highest BCUT2D eigenvalue weighted by atomic mass is 16.5. The van der Waals surface area contributed by atoms with Crippen LogP contribution in [0.25, 0.3) is 0 Å². The summed E-state index contributed by atoms with van der Waals surface area (Å²) >= 11 is 0. The zero-order valence-electron chi connectivity index (χ0n) is 17.9. The predicted molar refractivity (Wildman–Crippen MR) is 114 cm³/mol. The highest BCUT2D eigenvalue weighted by Crippen LogP contribution is 2.17. The van der Waals surface area contributed by atoms with E-state index in [0.29, 0.717) is 19.3 Å². The van der Waals surface area contributed by atoms with Gasteiger partial charge in [0.05, 0.1) is 12.5 Å². The van der Waals surface area contributed by atoms with Gasteiger partial charge in [-0.25, -0.2) is 4.79 Å². The second kappa shape index (κ2) is 19.5. The van der Waals surface area contributed by atoms with Crippen molar-refractivity contribution in [2.45, 2.75) is 103 Å². The van der Waals surface area contributed by atoms with Crippen molar-refractivity contribution >= 4 is 17.9 Å². The summed E-state index contributed by atoms with van der Waals surface area (Å²) in [5, 5.41) is 17.8. The van der Waals surface area contributed by atoms with Gasteiger partial charge in [-0.2, -0.15) is 0 Å². The maximum Gasteiger partial charge on any atom is 0.330 e. The summed E-state index contributed by atoms with van der Waals surface area (Å²) in [4.78, 5) is 32.6. The lowest BCUT2D eigenvalue weighted by molar-refractivity contribution is -0.145. The van der Waals surface area contributed by atoms with E-state index >= 15 is 0 Å². The van der Waals surface area contributed by atoms with Gasteiger partial charge >= 0.3 is 17.9 Å². The first-order chi connectivity index (χ1) is 14.0. The minimum Gasteiger partial charge on any atom is -0.481 e. The molecule has 29 heavy (non-hydrogen) atoms. The minimum atomic E-state index is -0.818. The first-order valence-corrected chi connectivity index (χ1v) is 11.2. The predicted octanol–water partition coefficient (Wildman–Crippen LogP) is 5.74. The third-order valence-electron chi connectivity index (χ3n) is 5.17. The molecule has 0 heterocycles. The van der Waals surface area contributed by atoms with Crippen LogP contribution in [0.5, 0.6) is 0 Å². The molecule has 0 rings (SSSR count). The molecule has 1 unspecified atom stereocenters. The van der Waals surface area contributed by atoms with Crippen LogP contribution in [-0.2, 0) is 19.1 Å². The van der Waals surface area contributed by atoms with E-state index < -0.39 is 23.8 Å². The monoisotopic (exact) mass is 412 g/mol. The number of hydrogen-bond acceptors (Lipinski definition) is 4. The fourth-order valence-electron chi connectivity index (χ4n) is 3.36. The van der Waals surface area contributed by atoms with Gasteiger partial charge in [0.1, 0.15) is 0 Å². The second-order valence-electron chi connectivity index (χ2n) is 7.72. The van der Waals surface area contributed by atoms with Crippen molar-refractivity contribution in [3.63, 3.8) is 0 Å². The Kier molecular flexibility index (Phi) is 18.2. The molecule has 6 heteroatoms. The molecule has 0 bridgehead atoms. The van der Waals surface area contributed by atoms with E-state index in [4.69, 9.17) is 9.84 Å². The molecule has 0 aromatic heterocycles. The van der Waals surface area contributed by atoms with Crippen molar-refractivity contribution in [3.05, 3.63) is 12.7 Å². The fourth-order valence-corrected chi connectivity index (χ4v) is 3.36. The molecule has 1 atom stereocenters. The van der Waals surface area contributed by atoms with E-state index in [2.05, 4.69) is 6.58 Å². The number of rotatable bonds is 21. The SMILES string of the molecule is C=CC(=O)OCCC(CCCCCCCCCCCCCCCC(=O)O)C(=O)O. The van der Waals surface area contributed by atoms with Gasteiger partial charge < -0.3 is 14.9 Å². The molecular formula is C23H40O6. The van der Waals surface area contributed by atoms with Crippen LogP contribution in [0.1, 0.15) is 103 Å². The van der Waals surface area contributed by atoms with Crippen LogP contribution in [0.15, 0.2) is 12.7 Å². The highest BCUT2D eigenvalue weighted by molar-refractivity contribution is 5.81. The topological polar surface area (TPSA) is 101 Å². The van der Waals surface area contributed by atoms with Gasteiger partial charge in [0.2, 0.25) is 0 Å². The second-order valence-corrected chi connectivity index (χ2v) is 7.72. The van der Waals surface area contributed by atoms with Crippen LogP contribution in [0.4, 0.5) is 0 Å². The van der Waals surface area contributed by atoms with E-state index in [1.165, 1.54) is 44.9 Å². The lowest BCUT2D eigenvalue weighted by atomic mass is 9.97. The Labute approximate surface area is 175 Å². The van der Waals surface area contributed by atoms with Crippen LogP contribution < -0.4 is 0 Å². The summed E-state index contributed by atoms with van der Waals surface area (Å²) in [5.41, 5.74) is 0. The summed E-state index contributed by atoms with van der Waals surface area (Å²) < 4.78 is 4.86. The molecule has 0 aromatic rings. The van der Waals surface area contributed by atoms with Crippen molar-refractivity contribution in [1.29, 1.82) is 0 Å². The molecule has 0 radical (unpaired) electrons. The van der Waals surface area contributed by atoms with Gasteiger partial charge in [0, 0.05) is 12.5 Å². The minimum absolute atomic E-state index is 0.129. The number of esters is 1. The smallest absolute Gasteiger partial charge is 0.330 e. The van der Waals surface area contributed by atoms with Gasteiger partial charge in [-0.05, 0) is 19.3 Å². The maximum atomic E-state index is 11.3. The van der Waals surface area contributed by atoms with Crippen molar-refractivity contribution in [3.8, 4) is 0 Å². The summed E-state index contributed by atoms with van der Waals surface area (Å²) in [6, 6.07) is 0. The fraction of sp³-hybridized carbons (Fsp3) is 0.783. The molecule has 0 spiro atoms. The summed E-state index contributed by atoms with van der Waals surface area (Å²) in [6.07, 6.45) is 17.1. The number of unbranched alkanes of at least 4 members (excludes halogenated alkanes) is 12. The quantitative estimate of drug-likeness (QED) is 0.142. The van der Waals surface area contributed by atoms with Gasteiger partial charge in [-0.15, -0.1) is 0 Å². The molecule has 0 fully saturated rings. The molecule has 0 aliphatic heterocycles. The van der Waals surface area contributed by atoms with Crippen LogP contribution >= 0.6 is 0 Å². The van der Waals surface area contributed by atoms with E-state index in [1.54, 1.807) is 0 Å². The third kappa shape index (κ3) is 19.2. The Balaban J connectivity index is 3.41. The Morgan fingerprint density at radius 1 is 0.724 bits per heavy atom. The molecular weight excluding hydrogens is 372 g/mol. The largest absolute Gasteiger partial charge is 0.481 e. The number of carboxylic acid groups (broad SMARTS) is 2. The molecule has 0 saturated carbocycles. The average molecular weight is 413 g/mol. The van der Waals surface area contributed by atoms with Crippen LogP contribution in [0.3, 0.4) is 0 Å². The molecule has 2 N–H and O–H groups in total. The van der Waals surface area contributed by atoms with Crippen molar-refractivity contribution in [1.82, 2.24) is 0 Å². The molecule has 0 aliphatic rings. The van der Waals surface area contributed by atoms with E-state index in [-0.39, 0.29) is 6.61 Å². The molecule has 0 amide bonds. The van der Waals surface area contributed by atoms with Crippen LogP contribution in [0.2, 0.25) is 0 Å². The lowest BCUT2D eigenvalue weighted by Crippen LogP contribution is -2.17. The van der Waals surface area contributed by atoms with E-state index in [0.717, 1.165) is 44.6 Å². The van der Waals surface area contributed by atoms with Crippen LogP contribution in [0, 0.1) is 5.92 Å². The van der Waals surface area contributed by atoms with Crippen molar-refractivity contribution < 1.29 is 29.3 Å². The van der Waals surface area contributed by atoms with Crippen molar-refractivity contribution in [2.24, 2.45) is 5.92 Å².